The third-order valence-electron chi connectivity index (χ3n) is 2.96. The second kappa shape index (κ2) is 4.21. The molecule has 92 valence electrons. The molecule has 0 saturated carbocycles. The van der Waals surface area contributed by atoms with Crippen molar-refractivity contribution in [1.29, 1.82) is 0 Å². The van der Waals surface area contributed by atoms with Gasteiger partial charge in [-0.3, -0.25) is 4.40 Å². The van der Waals surface area contributed by atoms with Gasteiger partial charge in [0.2, 0.25) is 0 Å². The first-order valence-electron chi connectivity index (χ1n) is 5.88. The maximum Gasteiger partial charge on any atom is 0.194 e. The fourth-order valence-electron chi connectivity index (χ4n) is 2.18. The first-order chi connectivity index (χ1) is 8.66. The molecule has 18 heavy (non-hydrogen) atoms. The van der Waals surface area contributed by atoms with Crippen LogP contribution in [0.25, 0.3) is 16.2 Å². The molecule has 1 aromatic carbocycles. The first kappa shape index (κ1) is 11.4. The average molecular weight is 260 g/mol. The fraction of sp³-hybridized carbons (Fsp3) is 0.214. The molecule has 0 bridgehead atoms. The summed E-state index contributed by atoms with van der Waals surface area (Å²) in [6, 6.07) is 6.53. The quantitative estimate of drug-likeness (QED) is 0.670. The van der Waals surface area contributed by atoms with Gasteiger partial charge in [-0.15, -0.1) is 11.3 Å². The number of halogens is 1. The smallest absolute Gasteiger partial charge is 0.194 e. The minimum absolute atomic E-state index is 0.217. The standard InChI is InChI=1S/C14H13FN2S/c1-9(2)13-12(10-3-5-11(15)6-4-10)16-14-17(13)7-8-18-14/h3-9H,1-2H3. The molecule has 0 aliphatic carbocycles. The van der Waals surface area contributed by atoms with Gasteiger partial charge in [0.15, 0.2) is 4.96 Å². The Morgan fingerprint density at radius 2 is 1.94 bits per heavy atom. The zero-order chi connectivity index (χ0) is 12.7. The Labute approximate surface area is 109 Å². The van der Waals surface area contributed by atoms with E-state index in [1.807, 2.05) is 11.6 Å². The minimum Gasteiger partial charge on any atom is -0.294 e. The lowest BCUT2D eigenvalue weighted by molar-refractivity contribution is 0.628. The number of benzene rings is 1. The molecule has 4 heteroatoms. The molecule has 0 N–H and O–H groups in total. The third kappa shape index (κ3) is 1.73. The average Bonchev–Trinajstić information content (AvgIpc) is 2.88. The monoisotopic (exact) mass is 260 g/mol. The van der Waals surface area contributed by atoms with Crippen LogP contribution in [-0.4, -0.2) is 9.38 Å². The first-order valence-corrected chi connectivity index (χ1v) is 6.76. The van der Waals surface area contributed by atoms with Gasteiger partial charge in [-0.25, -0.2) is 9.37 Å². The van der Waals surface area contributed by atoms with Crippen molar-refractivity contribution in [2.45, 2.75) is 19.8 Å². The summed E-state index contributed by atoms with van der Waals surface area (Å²) in [6.45, 7) is 4.29. The van der Waals surface area contributed by atoms with Gasteiger partial charge >= 0.3 is 0 Å². The van der Waals surface area contributed by atoms with Crippen LogP contribution >= 0.6 is 11.3 Å². The van der Waals surface area contributed by atoms with Crippen LogP contribution in [0.4, 0.5) is 4.39 Å². The number of hydrogen-bond donors (Lipinski definition) is 0. The number of rotatable bonds is 2. The molecule has 2 nitrogen and oxygen atoms in total. The van der Waals surface area contributed by atoms with E-state index >= 15 is 0 Å². The summed E-state index contributed by atoms with van der Waals surface area (Å²) in [7, 11) is 0. The molecule has 0 fully saturated rings. The van der Waals surface area contributed by atoms with Gasteiger partial charge in [0.25, 0.3) is 0 Å². The molecule has 0 amide bonds. The number of thiazole rings is 1. The Bertz CT molecular complexity index is 679. The number of nitrogens with zero attached hydrogens (tertiary/aromatic N) is 2. The molecular formula is C14H13FN2S. The molecule has 2 heterocycles. The molecule has 0 aliphatic rings. The van der Waals surface area contributed by atoms with Gasteiger partial charge < -0.3 is 0 Å². The van der Waals surface area contributed by atoms with Crippen molar-refractivity contribution in [3.63, 3.8) is 0 Å². The van der Waals surface area contributed by atoms with Gasteiger partial charge in [0.1, 0.15) is 5.82 Å². The van der Waals surface area contributed by atoms with Crippen LogP contribution in [0.2, 0.25) is 0 Å². The molecule has 0 spiro atoms. The predicted molar refractivity (Wildman–Crippen MR) is 72.6 cm³/mol. The maximum atomic E-state index is 13.0. The highest BCUT2D eigenvalue weighted by atomic mass is 32.1. The van der Waals surface area contributed by atoms with Crippen LogP contribution < -0.4 is 0 Å². The zero-order valence-corrected chi connectivity index (χ0v) is 11.0. The second-order valence-corrected chi connectivity index (χ2v) is 5.44. The van der Waals surface area contributed by atoms with Crippen molar-refractivity contribution in [2.24, 2.45) is 0 Å². The molecule has 0 saturated heterocycles. The van der Waals surface area contributed by atoms with Crippen LogP contribution in [0.15, 0.2) is 35.8 Å². The van der Waals surface area contributed by atoms with Gasteiger partial charge in [-0.05, 0) is 30.2 Å². The summed E-state index contributed by atoms with van der Waals surface area (Å²) in [5.74, 6) is 0.153. The topological polar surface area (TPSA) is 17.3 Å². The lowest BCUT2D eigenvalue weighted by Gasteiger charge is -2.07. The number of imidazole rings is 1. The van der Waals surface area contributed by atoms with Crippen LogP contribution in [-0.2, 0) is 0 Å². The Morgan fingerprint density at radius 3 is 2.61 bits per heavy atom. The summed E-state index contributed by atoms with van der Waals surface area (Å²) in [5.41, 5.74) is 3.10. The highest BCUT2D eigenvalue weighted by Crippen LogP contribution is 2.31. The Balaban J connectivity index is 2.24. The molecule has 0 atom stereocenters. The van der Waals surface area contributed by atoms with Crippen LogP contribution in [0, 0.1) is 5.82 Å². The maximum absolute atomic E-state index is 13.0. The molecule has 2 aromatic heterocycles. The van der Waals surface area contributed by atoms with E-state index < -0.39 is 0 Å². The Kier molecular flexibility index (Phi) is 2.67. The molecule has 0 radical (unpaired) electrons. The van der Waals surface area contributed by atoms with E-state index in [0.717, 1.165) is 16.2 Å². The van der Waals surface area contributed by atoms with E-state index in [-0.39, 0.29) is 5.82 Å². The van der Waals surface area contributed by atoms with E-state index in [4.69, 9.17) is 0 Å². The van der Waals surface area contributed by atoms with Crippen LogP contribution in [0.3, 0.4) is 0 Å². The van der Waals surface area contributed by atoms with E-state index in [2.05, 4.69) is 23.2 Å². The highest BCUT2D eigenvalue weighted by Gasteiger charge is 2.17. The molecule has 3 aromatic rings. The van der Waals surface area contributed by atoms with Crippen LogP contribution in [0.1, 0.15) is 25.5 Å². The molecular weight excluding hydrogens is 247 g/mol. The summed E-state index contributed by atoms with van der Waals surface area (Å²) in [4.78, 5) is 5.64. The van der Waals surface area contributed by atoms with E-state index in [1.165, 1.54) is 17.8 Å². The predicted octanol–water partition coefficient (Wildman–Crippen LogP) is 4.33. The SMILES string of the molecule is CC(C)c1c(-c2ccc(F)cc2)nc2sccn12. The van der Waals surface area contributed by atoms with Crippen molar-refractivity contribution in [1.82, 2.24) is 9.38 Å². The number of hydrogen-bond acceptors (Lipinski definition) is 2. The number of fused-ring (bicyclic) bond motifs is 1. The van der Waals surface area contributed by atoms with Crippen LogP contribution in [0.5, 0.6) is 0 Å². The van der Waals surface area contributed by atoms with Crippen molar-refractivity contribution in [3.8, 4) is 11.3 Å². The highest BCUT2D eigenvalue weighted by molar-refractivity contribution is 7.15. The summed E-state index contributed by atoms with van der Waals surface area (Å²) < 4.78 is 15.1. The van der Waals surface area contributed by atoms with Gasteiger partial charge in [0.05, 0.1) is 11.4 Å². The van der Waals surface area contributed by atoms with Crippen molar-refractivity contribution < 1.29 is 4.39 Å². The molecule has 0 aliphatic heterocycles. The van der Waals surface area contributed by atoms with Crippen molar-refractivity contribution in [3.05, 3.63) is 47.4 Å². The van der Waals surface area contributed by atoms with E-state index in [9.17, 15) is 4.39 Å². The van der Waals surface area contributed by atoms with Crippen molar-refractivity contribution in [2.75, 3.05) is 0 Å². The lowest BCUT2D eigenvalue weighted by atomic mass is 10.0. The zero-order valence-electron chi connectivity index (χ0n) is 10.2. The second-order valence-electron chi connectivity index (χ2n) is 4.56. The van der Waals surface area contributed by atoms with E-state index in [1.54, 1.807) is 23.5 Å². The fourth-order valence-corrected chi connectivity index (χ4v) is 2.90. The lowest BCUT2D eigenvalue weighted by Crippen LogP contribution is -1.95. The largest absolute Gasteiger partial charge is 0.294 e. The molecule has 0 unspecified atom stereocenters. The normalized spacial score (nSPS) is 11.6. The third-order valence-corrected chi connectivity index (χ3v) is 3.72. The summed E-state index contributed by atoms with van der Waals surface area (Å²) in [5, 5.41) is 2.03. The minimum atomic E-state index is -0.217. The summed E-state index contributed by atoms with van der Waals surface area (Å²) >= 11 is 1.62. The van der Waals surface area contributed by atoms with Crippen molar-refractivity contribution >= 4 is 16.3 Å². The van der Waals surface area contributed by atoms with Gasteiger partial charge in [-0.1, -0.05) is 13.8 Å². The Hall–Kier alpha value is -1.68. The summed E-state index contributed by atoms with van der Waals surface area (Å²) in [6.07, 6.45) is 2.04. The van der Waals surface area contributed by atoms with Gasteiger partial charge in [0, 0.05) is 17.1 Å². The van der Waals surface area contributed by atoms with E-state index in [0.29, 0.717) is 5.92 Å². The van der Waals surface area contributed by atoms with Gasteiger partial charge in [-0.2, -0.15) is 0 Å². The number of aromatic nitrogens is 2. The Morgan fingerprint density at radius 1 is 1.22 bits per heavy atom. The molecule has 3 rings (SSSR count).